The minimum atomic E-state index is -4.40. The number of nitrogens with one attached hydrogen (secondary N) is 1. The zero-order valence-corrected chi connectivity index (χ0v) is 9.00. The lowest BCUT2D eigenvalue weighted by Gasteiger charge is -2.08. The van der Waals surface area contributed by atoms with Crippen molar-refractivity contribution in [3.63, 3.8) is 0 Å². The maximum atomic E-state index is 12.6. The first kappa shape index (κ1) is 12.3. The molecule has 2 aromatic rings. The maximum Gasteiger partial charge on any atom is 0.417 e. The number of rotatable bonds is 2. The zero-order valence-electron chi connectivity index (χ0n) is 9.00. The second-order valence-corrected chi connectivity index (χ2v) is 3.56. The molecule has 0 fully saturated rings. The van der Waals surface area contributed by atoms with Crippen LogP contribution in [0.5, 0.6) is 0 Å². The number of halogens is 4. The summed E-state index contributed by atoms with van der Waals surface area (Å²) in [5, 5.41) is 2.76. The highest BCUT2D eigenvalue weighted by molar-refractivity contribution is 5.55. The van der Waals surface area contributed by atoms with Crippen LogP contribution in [-0.4, -0.2) is 4.98 Å². The summed E-state index contributed by atoms with van der Waals surface area (Å²) in [6.07, 6.45) is -3.66. The average molecular weight is 256 g/mol. The molecule has 18 heavy (non-hydrogen) atoms. The summed E-state index contributed by atoms with van der Waals surface area (Å²) in [6.45, 7) is 0. The Kier molecular flexibility index (Phi) is 3.18. The first-order valence-corrected chi connectivity index (χ1v) is 5.01. The van der Waals surface area contributed by atoms with Gasteiger partial charge in [-0.3, -0.25) is 0 Å². The molecule has 0 radical (unpaired) electrons. The Bertz CT molecular complexity index is 517. The van der Waals surface area contributed by atoms with Gasteiger partial charge < -0.3 is 5.32 Å². The molecule has 1 aromatic heterocycles. The van der Waals surface area contributed by atoms with Crippen LogP contribution in [0.3, 0.4) is 0 Å². The van der Waals surface area contributed by atoms with Gasteiger partial charge in [-0.15, -0.1) is 0 Å². The van der Waals surface area contributed by atoms with Gasteiger partial charge in [0.1, 0.15) is 11.6 Å². The summed E-state index contributed by atoms with van der Waals surface area (Å²) in [7, 11) is 0. The maximum absolute atomic E-state index is 12.6. The Morgan fingerprint density at radius 2 is 1.61 bits per heavy atom. The number of hydrogen-bond acceptors (Lipinski definition) is 2. The summed E-state index contributed by atoms with van der Waals surface area (Å²) in [5.74, 6) is -0.129. The third kappa shape index (κ3) is 2.97. The Morgan fingerprint density at radius 3 is 2.11 bits per heavy atom. The summed E-state index contributed by atoms with van der Waals surface area (Å²) in [5.41, 5.74) is -0.268. The molecule has 1 aromatic carbocycles. The van der Waals surface area contributed by atoms with Crippen LogP contribution in [0.25, 0.3) is 0 Å². The fourth-order valence-electron chi connectivity index (χ4n) is 1.32. The van der Waals surface area contributed by atoms with Crippen LogP contribution in [0.4, 0.5) is 29.1 Å². The second kappa shape index (κ2) is 4.64. The van der Waals surface area contributed by atoms with Gasteiger partial charge in [-0.1, -0.05) is 0 Å². The highest BCUT2D eigenvalue weighted by Gasteiger charge is 2.30. The van der Waals surface area contributed by atoms with Crippen molar-refractivity contribution in [2.75, 3.05) is 5.32 Å². The summed E-state index contributed by atoms with van der Waals surface area (Å²) in [6, 6.07) is 7.56. The summed E-state index contributed by atoms with van der Waals surface area (Å²) < 4.78 is 49.5. The van der Waals surface area contributed by atoms with Crippen molar-refractivity contribution in [2.24, 2.45) is 0 Å². The predicted molar refractivity (Wildman–Crippen MR) is 58.9 cm³/mol. The van der Waals surface area contributed by atoms with Crippen LogP contribution in [-0.2, 0) is 6.18 Å². The fraction of sp³-hybridized carbons (Fsp3) is 0.0833. The molecule has 2 rings (SSSR count). The SMILES string of the molecule is Fc1ccc(Nc2ccc(C(F)(F)F)cn2)cc1. The number of alkyl halides is 3. The third-order valence-corrected chi connectivity index (χ3v) is 2.21. The van der Waals surface area contributed by atoms with Gasteiger partial charge in [-0.25, -0.2) is 9.37 Å². The fourth-order valence-corrected chi connectivity index (χ4v) is 1.32. The molecule has 0 bridgehead atoms. The zero-order chi connectivity index (χ0) is 13.2. The highest BCUT2D eigenvalue weighted by Crippen LogP contribution is 2.29. The average Bonchev–Trinajstić information content (AvgIpc) is 2.32. The van der Waals surface area contributed by atoms with E-state index in [4.69, 9.17) is 0 Å². The molecule has 0 unspecified atom stereocenters. The van der Waals surface area contributed by atoms with E-state index in [9.17, 15) is 17.6 Å². The quantitative estimate of drug-likeness (QED) is 0.822. The van der Waals surface area contributed by atoms with E-state index in [1.807, 2.05) is 0 Å². The van der Waals surface area contributed by atoms with Crippen LogP contribution in [0.2, 0.25) is 0 Å². The molecular weight excluding hydrogens is 248 g/mol. The van der Waals surface area contributed by atoms with Gasteiger partial charge >= 0.3 is 6.18 Å². The van der Waals surface area contributed by atoms with E-state index in [0.717, 1.165) is 12.3 Å². The van der Waals surface area contributed by atoms with Crippen molar-refractivity contribution in [3.05, 3.63) is 54.0 Å². The first-order chi connectivity index (χ1) is 8.45. The van der Waals surface area contributed by atoms with Gasteiger partial charge in [0, 0.05) is 11.9 Å². The molecule has 0 saturated heterocycles. The lowest BCUT2D eigenvalue weighted by molar-refractivity contribution is -0.137. The molecule has 0 amide bonds. The molecule has 1 heterocycles. The van der Waals surface area contributed by atoms with E-state index in [1.54, 1.807) is 0 Å². The highest BCUT2D eigenvalue weighted by atomic mass is 19.4. The van der Waals surface area contributed by atoms with Gasteiger partial charge in [-0.05, 0) is 36.4 Å². The number of pyridine rings is 1. The third-order valence-electron chi connectivity index (χ3n) is 2.21. The van der Waals surface area contributed by atoms with Crippen molar-refractivity contribution in [2.45, 2.75) is 6.18 Å². The smallest absolute Gasteiger partial charge is 0.340 e. The molecule has 0 aliphatic rings. The number of hydrogen-bond donors (Lipinski definition) is 1. The molecule has 2 nitrogen and oxygen atoms in total. The minimum absolute atomic E-state index is 0.259. The monoisotopic (exact) mass is 256 g/mol. The second-order valence-electron chi connectivity index (χ2n) is 3.56. The van der Waals surface area contributed by atoms with Gasteiger partial charge in [0.05, 0.1) is 5.56 Å². The van der Waals surface area contributed by atoms with Gasteiger partial charge in [0.2, 0.25) is 0 Å². The van der Waals surface area contributed by atoms with Crippen molar-refractivity contribution in [3.8, 4) is 0 Å². The summed E-state index contributed by atoms with van der Waals surface area (Å²) >= 11 is 0. The van der Waals surface area contributed by atoms with Gasteiger partial charge in [-0.2, -0.15) is 13.2 Å². The van der Waals surface area contributed by atoms with Gasteiger partial charge in [0.15, 0.2) is 0 Å². The molecule has 94 valence electrons. The van der Waals surface area contributed by atoms with E-state index in [2.05, 4.69) is 10.3 Å². The predicted octanol–water partition coefficient (Wildman–Crippen LogP) is 3.98. The standard InChI is InChI=1S/C12H8F4N2/c13-9-2-4-10(5-3-9)18-11-6-1-8(7-17-11)12(14,15)16/h1-7H,(H,17,18). The van der Waals surface area contributed by atoms with E-state index < -0.39 is 11.7 Å². The van der Waals surface area contributed by atoms with Crippen LogP contribution in [0.1, 0.15) is 5.56 Å². The van der Waals surface area contributed by atoms with Crippen molar-refractivity contribution in [1.82, 2.24) is 4.98 Å². The number of benzene rings is 1. The Hall–Kier alpha value is -2.11. The summed E-state index contributed by atoms with van der Waals surface area (Å²) in [4.78, 5) is 3.64. The number of aromatic nitrogens is 1. The normalized spacial score (nSPS) is 11.3. The van der Waals surface area contributed by atoms with E-state index in [0.29, 0.717) is 5.69 Å². The van der Waals surface area contributed by atoms with Crippen molar-refractivity contribution < 1.29 is 17.6 Å². The van der Waals surface area contributed by atoms with Crippen LogP contribution in [0.15, 0.2) is 42.6 Å². The largest absolute Gasteiger partial charge is 0.417 e. The van der Waals surface area contributed by atoms with Crippen molar-refractivity contribution in [1.29, 1.82) is 0 Å². The first-order valence-electron chi connectivity index (χ1n) is 5.01. The van der Waals surface area contributed by atoms with E-state index in [-0.39, 0.29) is 11.6 Å². The van der Waals surface area contributed by atoms with E-state index in [1.165, 1.54) is 30.3 Å². The van der Waals surface area contributed by atoms with Crippen molar-refractivity contribution >= 4 is 11.5 Å². The minimum Gasteiger partial charge on any atom is -0.340 e. The molecule has 0 aliphatic carbocycles. The number of anilines is 2. The lowest BCUT2D eigenvalue weighted by atomic mass is 10.2. The molecule has 1 N–H and O–H groups in total. The molecule has 0 aliphatic heterocycles. The Balaban J connectivity index is 2.13. The topological polar surface area (TPSA) is 24.9 Å². The number of nitrogens with zero attached hydrogens (tertiary/aromatic N) is 1. The van der Waals surface area contributed by atoms with Crippen LogP contribution in [0, 0.1) is 5.82 Å². The molecule has 0 atom stereocenters. The van der Waals surface area contributed by atoms with Crippen LogP contribution >= 0.6 is 0 Å². The molecule has 0 spiro atoms. The lowest BCUT2D eigenvalue weighted by Crippen LogP contribution is -2.05. The van der Waals surface area contributed by atoms with E-state index >= 15 is 0 Å². The Morgan fingerprint density at radius 1 is 0.944 bits per heavy atom. The van der Waals surface area contributed by atoms with Crippen LogP contribution < -0.4 is 5.32 Å². The Labute approximate surface area is 100 Å². The molecular formula is C12H8F4N2. The molecule has 6 heteroatoms. The molecule has 0 saturated carbocycles. The van der Waals surface area contributed by atoms with Gasteiger partial charge in [0.25, 0.3) is 0 Å².